The van der Waals surface area contributed by atoms with Gasteiger partial charge in [0.05, 0.1) is 16.3 Å². The Labute approximate surface area is 144 Å². The van der Waals surface area contributed by atoms with Gasteiger partial charge in [0.15, 0.2) is 0 Å². The van der Waals surface area contributed by atoms with Crippen molar-refractivity contribution in [1.82, 2.24) is 9.29 Å². The molecule has 11 heteroatoms. The molecule has 0 saturated carbocycles. The Balaban J connectivity index is 1.74. The summed E-state index contributed by atoms with van der Waals surface area (Å²) in [5, 5.41) is 7.31. The summed E-state index contributed by atoms with van der Waals surface area (Å²) in [5.41, 5.74) is 0. The van der Waals surface area contributed by atoms with Crippen LogP contribution in [0.25, 0.3) is 0 Å². The van der Waals surface area contributed by atoms with E-state index in [0.29, 0.717) is 18.2 Å². The Kier molecular flexibility index (Phi) is 4.62. The lowest BCUT2D eigenvalue weighted by molar-refractivity contribution is 0.214. The van der Waals surface area contributed by atoms with Crippen LogP contribution in [0.4, 0.5) is 0 Å². The van der Waals surface area contributed by atoms with Crippen LogP contribution in [0.5, 0.6) is 5.19 Å². The van der Waals surface area contributed by atoms with Gasteiger partial charge in [0.1, 0.15) is 6.10 Å². The highest BCUT2D eigenvalue weighted by Gasteiger charge is 2.34. The van der Waals surface area contributed by atoms with Crippen molar-refractivity contribution < 1.29 is 21.6 Å². The van der Waals surface area contributed by atoms with E-state index in [1.54, 1.807) is 11.6 Å². The second-order valence-corrected chi connectivity index (χ2v) is 9.56. The van der Waals surface area contributed by atoms with E-state index in [9.17, 15) is 16.8 Å². The van der Waals surface area contributed by atoms with Crippen LogP contribution in [0.15, 0.2) is 45.6 Å². The maximum Gasteiger partial charge on any atom is 0.273 e. The molecule has 24 heavy (non-hydrogen) atoms. The van der Waals surface area contributed by atoms with Gasteiger partial charge in [-0.1, -0.05) is 11.3 Å². The monoisotopic (exact) mass is 389 g/mol. The van der Waals surface area contributed by atoms with Gasteiger partial charge in [-0.15, -0.1) is 0 Å². The zero-order valence-electron chi connectivity index (χ0n) is 12.4. The Morgan fingerprint density at radius 3 is 2.42 bits per heavy atom. The number of primary sulfonamides is 1. The molecule has 1 aliphatic heterocycles. The van der Waals surface area contributed by atoms with Crippen molar-refractivity contribution in [2.75, 3.05) is 13.1 Å². The van der Waals surface area contributed by atoms with Gasteiger partial charge in [0.2, 0.25) is 20.0 Å². The minimum absolute atomic E-state index is 0.0183. The molecule has 8 nitrogen and oxygen atoms in total. The van der Waals surface area contributed by atoms with Crippen LogP contribution >= 0.6 is 11.3 Å². The molecular weight excluding hydrogens is 374 g/mol. The number of rotatable bonds is 5. The van der Waals surface area contributed by atoms with Crippen molar-refractivity contribution in [2.45, 2.75) is 22.3 Å². The van der Waals surface area contributed by atoms with Gasteiger partial charge in [-0.05, 0) is 30.7 Å². The second-order valence-electron chi connectivity index (χ2n) is 5.21. The Hall–Kier alpha value is -1.53. The van der Waals surface area contributed by atoms with Gasteiger partial charge in [0.25, 0.3) is 5.19 Å². The zero-order valence-corrected chi connectivity index (χ0v) is 14.9. The van der Waals surface area contributed by atoms with Crippen molar-refractivity contribution in [3.63, 3.8) is 0 Å². The van der Waals surface area contributed by atoms with Crippen LogP contribution < -0.4 is 9.88 Å². The number of benzene rings is 1. The third kappa shape index (κ3) is 3.59. The molecule has 130 valence electrons. The molecule has 1 fully saturated rings. The first kappa shape index (κ1) is 17.3. The number of nitrogens with zero attached hydrogens (tertiary/aromatic N) is 2. The minimum Gasteiger partial charge on any atom is -0.465 e. The quantitative estimate of drug-likeness (QED) is 0.801. The smallest absolute Gasteiger partial charge is 0.273 e. The lowest BCUT2D eigenvalue weighted by atomic mass is 10.3. The van der Waals surface area contributed by atoms with Crippen LogP contribution in [0, 0.1) is 0 Å². The molecule has 2 aromatic rings. The van der Waals surface area contributed by atoms with E-state index >= 15 is 0 Å². The van der Waals surface area contributed by atoms with Crippen molar-refractivity contribution in [3.8, 4) is 5.19 Å². The standard InChI is InChI=1S/C13H15N3O5S3/c14-23(17,18)11-1-3-12(4-2-11)24(19,20)16-7-5-10(9-16)21-13-15-6-8-22-13/h1-4,6,8,10H,5,7,9H2,(H2,14,17,18). The lowest BCUT2D eigenvalue weighted by Crippen LogP contribution is -2.31. The van der Waals surface area contributed by atoms with Crippen LogP contribution in [0.2, 0.25) is 0 Å². The molecule has 2 N–H and O–H groups in total. The second kappa shape index (κ2) is 6.41. The molecule has 0 radical (unpaired) electrons. The molecule has 2 heterocycles. The molecule has 0 spiro atoms. The summed E-state index contributed by atoms with van der Waals surface area (Å²) in [7, 11) is -7.57. The molecule has 1 aromatic carbocycles. The highest BCUT2D eigenvalue weighted by atomic mass is 32.2. The maximum atomic E-state index is 12.6. The van der Waals surface area contributed by atoms with Gasteiger partial charge in [0, 0.05) is 18.1 Å². The molecule has 1 unspecified atom stereocenters. The fourth-order valence-corrected chi connectivity index (χ4v) is 4.93. The van der Waals surface area contributed by atoms with Gasteiger partial charge in [-0.25, -0.2) is 27.0 Å². The summed E-state index contributed by atoms with van der Waals surface area (Å²) in [6.45, 7) is 0.550. The Morgan fingerprint density at radius 1 is 1.17 bits per heavy atom. The normalized spacial score (nSPS) is 19.5. The Morgan fingerprint density at radius 2 is 1.83 bits per heavy atom. The summed E-state index contributed by atoms with van der Waals surface area (Å²) in [5.74, 6) is 0. The van der Waals surface area contributed by atoms with Crippen molar-refractivity contribution in [1.29, 1.82) is 0 Å². The predicted molar refractivity (Wildman–Crippen MR) is 87.7 cm³/mol. The van der Waals surface area contributed by atoms with Crippen LogP contribution in [-0.4, -0.2) is 45.3 Å². The third-order valence-electron chi connectivity index (χ3n) is 3.57. The van der Waals surface area contributed by atoms with E-state index in [2.05, 4.69) is 4.98 Å². The Bertz CT molecular complexity index is 908. The van der Waals surface area contributed by atoms with Gasteiger partial charge in [-0.3, -0.25) is 0 Å². The fraction of sp³-hybridized carbons (Fsp3) is 0.308. The molecule has 0 aliphatic carbocycles. The zero-order chi connectivity index (χ0) is 17.4. The first-order chi connectivity index (χ1) is 11.3. The van der Waals surface area contributed by atoms with E-state index in [1.165, 1.54) is 39.9 Å². The van der Waals surface area contributed by atoms with Crippen LogP contribution in [0.1, 0.15) is 6.42 Å². The van der Waals surface area contributed by atoms with Crippen molar-refractivity contribution in [2.24, 2.45) is 5.14 Å². The fourth-order valence-electron chi connectivity index (χ4n) is 2.37. The van der Waals surface area contributed by atoms with Gasteiger partial charge in [-0.2, -0.15) is 4.31 Å². The largest absolute Gasteiger partial charge is 0.465 e. The average molecular weight is 389 g/mol. The lowest BCUT2D eigenvalue weighted by Gasteiger charge is -2.16. The number of ether oxygens (including phenoxy) is 1. The van der Waals surface area contributed by atoms with E-state index < -0.39 is 20.0 Å². The molecule has 1 aromatic heterocycles. The molecule has 1 atom stereocenters. The van der Waals surface area contributed by atoms with E-state index in [-0.39, 0.29) is 22.4 Å². The van der Waals surface area contributed by atoms with Gasteiger partial charge >= 0.3 is 0 Å². The number of hydrogen-bond acceptors (Lipinski definition) is 7. The number of hydrogen-bond donors (Lipinski definition) is 1. The predicted octanol–water partition coefficient (Wildman–Crippen LogP) is 0.633. The summed E-state index contributed by atoms with van der Waals surface area (Å²) >= 11 is 1.35. The molecule has 1 saturated heterocycles. The average Bonchev–Trinajstić information content (AvgIpc) is 3.19. The van der Waals surface area contributed by atoms with E-state index in [1.807, 2.05) is 0 Å². The van der Waals surface area contributed by atoms with Crippen LogP contribution in [0.3, 0.4) is 0 Å². The molecular formula is C13H15N3O5S3. The SMILES string of the molecule is NS(=O)(=O)c1ccc(S(=O)(=O)N2CCC(Oc3nccs3)C2)cc1. The van der Waals surface area contributed by atoms with Crippen molar-refractivity contribution >= 4 is 31.4 Å². The van der Waals surface area contributed by atoms with Gasteiger partial charge < -0.3 is 4.74 Å². The number of thiazole rings is 1. The maximum absolute atomic E-state index is 12.6. The highest BCUT2D eigenvalue weighted by molar-refractivity contribution is 7.89. The number of nitrogens with two attached hydrogens (primary N) is 1. The molecule has 0 amide bonds. The third-order valence-corrected chi connectivity index (χ3v) is 7.04. The first-order valence-electron chi connectivity index (χ1n) is 6.96. The van der Waals surface area contributed by atoms with Crippen LogP contribution in [-0.2, 0) is 20.0 Å². The van der Waals surface area contributed by atoms with E-state index in [0.717, 1.165) is 0 Å². The van der Waals surface area contributed by atoms with Crippen molar-refractivity contribution in [3.05, 3.63) is 35.8 Å². The number of sulfonamides is 2. The molecule has 0 bridgehead atoms. The number of aromatic nitrogens is 1. The van der Waals surface area contributed by atoms with E-state index in [4.69, 9.17) is 9.88 Å². The summed E-state index contributed by atoms with van der Waals surface area (Å²) in [6.07, 6.45) is 1.93. The minimum atomic E-state index is -3.86. The molecule has 1 aliphatic rings. The summed E-state index contributed by atoms with van der Waals surface area (Å²) < 4.78 is 54.7. The molecule has 3 rings (SSSR count). The first-order valence-corrected chi connectivity index (χ1v) is 10.8. The summed E-state index contributed by atoms with van der Waals surface area (Å²) in [4.78, 5) is 3.90. The highest BCUT2D eigenvalue weighted by Crippen LogP contribution is 2.25. The summed E-state index contributed by atoms with van der Waals surface area (Å²) in [6, 6.07) is 4.85. The topological polar surface area (TPSA) is 120 Å².